The van der Waals surface area contributed by atoms with Crippen LogP contribution in [0.25, 0.3) is 0 Å². The zero-order valence-electron chi connectivity index (χ0n) is 9.79. The van der Waals surface area contributed by atoms with E-state index >= 15 is 0 Å². The van der Waals surface area contributed by atoms with E-state index in [-0.39, 0.29) is 5.91 Å². The Morgan fingerprint density at radius 3 is 2.94 bits per heavy atom. The van der Waals surface area contributed by atoms with Crippen LogP contribution >= 0.6 is 0 Å². The SMILES string of the molecule is CC1(C(=O)Nc2ccc(F)nc2)CCCCN1. The van der Waals surface area contributed by atoms with Crippen LogP contribution in [0.4, 0.5) is 10.1 Å². The fourth-order valence-corrected chi connectivity index (χ4v) is 1.97. The van der Waals surface area contributed by atoms with Gasteiger partial charge in [-0.2, -0.15) is 4.39 Å². The summed E-state index contributed by atoms with van der Waals surface area (Å²) in [5.41, 5.74) is -0.0166. The van der Waals surface area contributed by atoms with Gasteiger partial charge in [0.05, 0.1) is 17.4 Å². The lowest BCUT2D eigenvalue weighted by Crippen LogP contribution is -2.54. The molecule has 17 heavy (non-hydrogen) atoms. The largest absolute Gasteiger partial charge is 0.323 e. The summed E-state index contributed by atoms with van der Waals surface area (Å²) in [7, 11) is 0. The Kier molecular flexibility index (Phi) is 3.38. The van der Waals surface area contributed by atoms with Gasteiger partial charge in [-0.1, -0.05) is 0 Å². The molecule has 2 rings (SSSR count). The van der Waals surface area contributed by atoms with Crippen molar-refractivity contribution in [3.8, 4) is 0 Å². The van der Waals surface area contributed by atoms with Gasteiger partial charge in [0.2, 0.25) is 11.9 Å². The molecule has 92 valence electrons. The van der Waals surface area contributed by atoms with Crippen LogP contribution in [0.15, 0.2) is 18.3 Å². The predicted molar refractivity (Wildman–Crippen MR) is 63.1 cm³/mol. The normalized spacial score (nSPS) is 24.4. The molecule has 1 atom stereocenters. The van der Waals surface area contributed by atoms with E-state index in [4.69, 9.17) is 0 Å². The molecule has 1 amide bonds. The van der Waals surface area contributed by atoms with Crippen molar-refractivity contribution in [2.45, 2.75) is 31.7 Å². The molecule has 1 aliphatic rings. The molecule has 2 heterocycles. The quantitative estimate of drug-likeness (QED) is 0.770. The van der Waals surface area contributed by atoms with Gasteiger partial charge < -0.3 is 10.6 Å². The molecule has 0 radical (unpaired) electrons. The molecule has 5 heteroatoms. The highest BCUT2D eigenvalue weighted by Gasteiger charge is 2.34. The Hall–Kier alpha value is -1.49. The highest BCUT2D eigenvalue weighted by molar-refractivity contribution is 5.97. The summed E-state index contributed by atoms with van der Waals surface area (Å²) >= 11 is 0. The lowest BCUT2D eigenvalue weighted by atomic mass is 9.90. The molecule has 1 aliphatic heterocycles. The number of aromatic nitrogens is 1. The minimum atomic E-state index is -0.551. The lowest BCUT2D eigenvalue weighted by molar-refractivity contribution is -0.122. The number of halogens is 1. The second-order valence-corrected chi connectivity index (χ2v) is 4.54. The lowest BCUT2D eigenvalue weighted by Gasteiger charge is -2.33. The highest BCUT2D eigenvalue weighted by atomic mass is 19.1. The number of hydrogen-bond acceptors (Lipinski definition) is 3. The van der Waals surface area contributed by atoms with Crippen molar-refractivity contribution >= 4 is 11.6 Å². The van der Waals surface area contributed by atoms with Gasteiger partial charge >= 0.3 is 0 Å². The van der Waals surface area contributed by atoms with E-state index in [0.717, 1.165) is 25.8 Å². The van der Waals surface area contributed by atoms with Crippen molar-refractivity contribution < 1.29 is 9.18 Å². The van der Waals surface area contributed by atoms with Crippen molar-refractivity contribution in [1.82, 2.24) is 10.3 Å². The topological polar surface area (TPSA) is 54.0 Å². The van der Waals surface area contributed by atoms with E-state index in [0.29, 0.717) is 5.69 Å². The van der Waals surface area contributed by atoms with Gasteiger partial charge in [0.25, 0.3) is 0 Å². The fraction of sp³-hybridized carbons (Fsp3) is 0.500. The molecule has 1 fully saturated rings. The number of amides is 1. The first-order chi connectivity index (χ1) is 8.10. The monoisotopic (exact) mass is 237 g/mol. The number of pyridine rings is 1. The van der Waals surface area contributed by atoms with Gasteiger partial charge in [0.1, 0.15) is 0 Å². The van der Waals surface area contributed by atoms with Crippen LogP contribution in [-0.2, 0) is 4.79 Å². The molecule has 0 aliphatic carbocycles. The van der Waals surface area contributed by atoms with Crippen LogP contribution in [0, 0.1) is 5.95 Å². The molecule has 0 bridgehead atoms. The van der Waals surface area contributed by atoms with Crippen LogP contribution in [-0.4, -0.2) is 23.0 Å². The zero-order valence-corrected chi connectivity index (χ0v) is 9.79. The van der Waals surface area contributed by atoms with Crippen molar-refractivity contribution in [3.63, 3.8) is 0 Å². The second kappa shape index (κ2) is 4.79. The van der Waals surface area contributed by atoms with Crippen LogP contribution in [0.1, 0.15) is 26.2 Å². The number of piperidine rings is 1. The van der Waals surface area contributed by atoms with E-state index in [1.54, 1.807) is 0 Å². The van der Waals surface area contributed by atoms with E-state index in [1.165, 1.54) is 18.3 Å². The van der Waals surface area contributed by atoms with Crippen LogP contribution in [0.5, 0.6) is 0 Å². The minimum absolute atomic E-state index is 0.0920. The first-order valence-corrected chi connectivity index (χ1v) is 5.78. The average molecular weight is 237 g/mol. The van der Waals surface area contributed by atoms with Crippen LogP contribution < -0.4 is 10.6 Å². The predicted octanol–water partition coefficient (Wildman–Crippen LogP) is 1.69. The minimum Gasteiger partial charge on any atom is -0.323 e. The van der Waals surface area contributed by atoms with Crippen molar-refractivity contribution in [2.75, 3.05) is 11.9 Å². The number of nitrogens with one attached hydrogen (secondary N) is 2. The maximum Gasteiger partial charge on any atom is 0.244 e. The number of hydrogen-bond donors (Lipinski definition) is 2. The molecule has 1 aromatic rings. The molecule has 4 nitrogen and oxygen atoms in total. The first-order valence-electron chi connectivity index (χ1n) is 5.78. The molecule has 0 saturated carbocycles. The number of carbonyl (C=O) groups is 1. The Balaban J connectivity index is 2.03. The molecule has 1 saturated heterocycles. The fourth-order valence-electron chi connectivity index (χ4n) is 1.97. The maximum atomic E-state index is 12.6. The third kappa shape index (κ3) is 2.79. The van der Waals surface area contributed by atoms with E-state index in [9.17, 15) is 9.18 Å². The summed E-state index contributed by atoms with van der Waals surface area (Å²) in [6.45, 7) is 2.74. The maximum absolute atomic E-state index is 12.6. The first kappa shape index (κ1) is 12.0. The van der Waals surface area contributed by atoms with Gasteiger partial charge in [-0.15, -0.1) is 0 Å². The molecule has 1 unspecified atom stereocenters. The third-order valence-electron chi connectivity index (χ3n) is 3.11. The van der Waals surface area contributed by atoms with Gasteiger partial charge in [-0.05, 0) is 44.9 Å². The molecule has 0 aromatic carbocycles. The smallest absolute Gasteiger partial charge is 0.244 e. The van der Waals surface area contributed by atoms with Gasteiger partial charge in [0.15, 0.2) is 0 Å². The summed E-state index contributed by atoms with van der Waals surface area (Å²) in [5.74, 6) is -0.643. The Bertz CT molecular complexity index is 399. The van der Waals surface area contributed by atoms with Crippen molar-refractivity contribution in [3.05, 3.63) is 24.3 Å². The van der Waals surface area contributed by atoms with E-state index < -0.39 is 11.5 Å². The zero-order chi connectivity index (χ0) is 12.3. The van der Waals surface area contributed by atoms with Crippen LogP contribution in [0.3, 0.4) is 0 Å². The Labute approximate surface area is 99.6 Å². The van der Waals surface area contributed by atoms with Crippen LogP contribution in [0.2, 0.25) is 0 Å². The molecular formula is C12H16FN3O. The van der Waals surface area contributed by atoms with E-state index in [1.807, 2.05) is 6.92 Å². The standard InChI is InChI=1S/C12H16FN3O/c1-12(6-2-3-7-15-12)11(17)16-9-4-5-10(13)14-8-9/h4-5,8,15H,2-3,6-7H2,1H3,(H,16,17). The average Bonchev–Trinajstić information content (AvgIpc) is 2.33. The van der Waals surface area contributed by atoms with Gasteiger partial charge in [-0.3, -0.25) is 4.79 Å². The van der Waals surface area contributed by atoms with E-state index in [2.05, 4.69) is 15.6 Å². The second-order valence-electron chi connectivity index (χ2n) is 4.54. The summed E-state index contributed by atoms with van der Waals surface area (Å²) in [4.78, 5) is 15.6. The Morgan fingerprint density at radius 1 is 1.53 bits per heavy atom. The summed E-state index contributed by atoms with van der Waals surface area (Å²) in [5, 5.41) is 5.97. The summed E-state index contributed by atoms with van der Waals surface area (Å²) in [6, 6.07) is 2.73. The molecule has 1 aromatic heterocycles. The molecule has 2 N–H and O–H groups in total. The van der Waals surface area contributed by atoms with Gasteiger partial charge in [0, 0.05) is 0 Å². The number of anilines is 1. The molecular weight excluding hydrogens is 221 g/mol. The summed E-state index contributed by atoms with van der Waals surface area (Å²) in [6.07, 6.45) is 4.27. The number of nitrogens with zero attached hydrogens (tertiary/aromatic N) is 1. The summed E-state index contributed by atoms with van der Waals surface area (Å²) < 4.78 is 12.6. The molecule has 0 spiro atoms. The van der Waals surface area contributed by atoms with Crippen molar-refractivity contribution in [1.29, 1.82) is 0 Å². The van der Waals surface area contributed by atoms with Crippen molar-refractivity contribution in [2.24, 2.45) is 0 Å². The highest BCUT2D eigenvalue weighted by Crippen LogP contribution is 2.20. The van der Waals surface area contributed by atoms with Gasteiger partial charge in [-0.25, -0.2) is 4.98 Å². The Morgan fingerprint density at radius 2 is 2.35 bits per heavy atom. The number of carbonyl (C=O) groups excluding carboxylic acids is 1. The third-order valence-corrected chi connectivity index (χ3v) is 3.11. The number of rotatable bonds is 2.